The molecular weight excluding hydrogens is 302 g/mol. The molecular formula is C16H16BrNO. The van der Waals surface area contributed by atoms with Crippen molar-refractivity contribution in [3.63, 3.8) is 0 Å². The molecule has 0 aliphatic heterocycles. The molecule has 3 heteroatoms. The Balaban J connectivity index is 2.13. The van der Waals surface area contributed by atoms with Crippen LogP contribution in [0.1, 0.15) is 6.92 Å². The lowest BCUT2D eigenvalue weighted by Crippen LogP contribution is -2.29. The van der Waals surface area contributed by atoms with E-state index in [2.05, 4.69) is 45.4 Å². The van der Waals surface area contributed by atoms with Gasteiger partial charge in [-0.05, 0) is 39.7 Å². The molecule has 0 aliphatic rings. The van der Waals surface area contributed by atoms with Crippen LogP contribution in [0.3, 0.4) is 0 Å². The highest BCUT2D eigenvalue weighted by atomic mass is 79.9. The Labute approximate surface area is 122 Å². The van der Waals surface area contributed by atoms with Crippen molar-refractivity contribution in [3.05, 3.63) is 40.9 Å². The summed E-state index contributed by atoms with van der Waals surface area (Å²) in [6.45, 7) is 3.31. The fraction of sp³-hybridized carbons (Fsp3) is 0.250. The van der Waals surface area contributed by atoms with Crippen molar-refractivity contribution < 1.29 is 4.74 Å². The van der Waals surface area contributed by atoms with Gasteiger partial charge in [0.25, 0.3) is 0 Å². The second-order valence-corrected chi connectivity index (χ2v) is 5.16. The lowest BCUT2D eigenvalue weighted by Gasteiger charge is -2.16. The highest BCUT2D eigenvalue weighted by Gasteiger charge is 2.09. The van der Waals surface area contributed by atoms with Gasteiger partial charge in [-0.2, -0.15) is 0 Å². The summed E-state index contributed by atoms with van der Waals surface area (Å²) in [6, 6.07) is 12.3. The summed E-state index contributed by atoms with van der Waals surface area (Å²) in [4.78, 5) is 0. The number of benzene rings is 2. The van der Waals surface area contributed by atoms with E-state index in [4.69, 9.17) is 11.2 Å². The Kier molecular flexibility index (Phi) is 4.84. The topological polar surface area (TPSA) is 21.3 Å². The molecule has 2 rings (SSSR count). The largest absolute Gasteiger partial charge is 0.488 e. The minimum absolute atomic E-state index is 0.0609. The van der Waals surface area contributed by atoms with Gasteiger partial charge in [-0.1, -0.05) is 36.3 Å². The molecule has 1 atom stereocenters. The number of halogens is 1. The zero-order chi connectivity index (χ0) is 13.7. The van der Waals surface area contributed by atoms with E-state index < -0.39 is 0 Å². The van der Waals surface area contributed by atoms with Crippen molar-refractivity contribution in [2.45, 2.75) is 13.0 Å². The summed E-state index contributed by atoms with van der Waals surface area (Å²) in [6.07, 6.45) is 5.25. The van der Waals surface area contributed by atoms with E-state index >= 15 is 0 Å². The summed E-state index contributed by atoms with van der Waals surface area (Å²) >= 11 is 3.61. The van der Waals surface area contributed by atoms with Crippen LogP contribution in [0.4, 0.5) is 0 Å². The number of terminal acetylenes is 1. The van der Waals surface area contributed by atoms with Gasteiger partial charge in [-0.25, -0.2) is 0 Å². The molecule has 0 radical (unpaired) electrons. The normalized spacial score (nSPS) is 12.1. The molecule has 2 aromatic carbocycles. The molecule has 2 nitrogen and oxygen atoms in total. The van der Waals surface area contributed by atoms with E-state index in [-0.39, 0.29) is 6.10 Å². The van der Waals surface area contributed by atoms with Gasteiger partial charge in [0.1, 0.15) is 11.9 Å². The average molecular weight is 318 g/mol. The molecule has 0 saturated heterocycles. The molecule has 0 aliphatic carbocycles. The second-order valence-electron chi connectivity index (χ2n) is 4.36. The van der Waals surface area contributed by atoms with Crippen LogP contribution in [0.25, 0.3) is 10.8 Å². The van der Waals surface area contributed by atoms with Crippen LogP contribution < -0.4 is 10.1 Å². The standard InChI is InChI=1S/C16H16BrNO/c1-3-10-18-11-12(2)19-15-9-8-13-6-4-5-7-14(13)16(15)17/h1,4-9,12,18H,10-11H2,2H3. The van der Waals surface area contributed by atoms with E-state index in [0.29, 0.717) is 6.54 Å². The third-order valence-electron chi connectivity index (χ3n) is 2.81. The Hall–Kier alpha value is -1.50. The zero-order valence-corrected chi connectivity index (χ0v) is 12.4. The number of nitrogens with one attached hydrogen (secondary N) is 1. The predicted octanol–water partition coefficient (Wildman–Crippen LogP) is 3.59. The van der Waals surface area contributed by atoms with Crippen LogP contribution >= 0.6 is 15.9 Å². The SMILES string of the molecule is C#CCNCC(C)Oc1ccc2ccccc2c1Br. The first-order chi connectivity index (χ1) is 9.22. The molecule has 0 amide bonds. The molecule has 0 bridgehead atoms. The van der Waals surface area contributed by atoms with Gasteiger partial charge in [-0.3, -0.25) is 0 Å². The maximum Gasteiger partial charge on any atom is 0.134 e. The monoisotopic (exact) mass is 317 g/mol. The summed E-state index contributed by atoms with van der Waals surface area (Å²) in [5.41, 5.74) is 0. The molecule has 1 unspecified atom stereocenters. The Morgan fingerprint density at radius 1 is 1.32 bits per heavy atom. The predicted molar refractivity (Wildman–Crippen MR) is 83.4 cm³/mol. The van der Waals surface area contributed by atoms with Crippen molar-refractivity contribution in [3.8, 4) is 18.1 Å². The summed E-state index contributed by atoms with van der Waals surface area (Å²) in [7, 11) is 0. The smallest absolute Gasteiger partial charge is 0.134 e. The van der Waals surface area contributed by atoms with Crippen molar-refractivity contribution in [2.24, 2.45) is 0 Å². The van der Waals surface area contributed by atoms with E-state index in [1.165, 1.54) is 5.39 Å². The first-order valence-electron chi connectivity index (χ1n) is 6.20. The van der Waals surface area contributed by atoms with Gasteiger partial charge in [0.15, 0.2) is 0 Å². The lowest BCUT2D eigenvalue weighted by molar-refractivity contribution is 0.218. The molecule has 0 heterocycles. The third-order valence-corrected chi connectivity index (χ3v) is 3.63. The molecule has 19 heavy (non-hydrogen) atoms. The second kappa shape index (κ2) is 6.60. The molecule has 98 valence electrons. The average Bonchev–Trinajstić information content (AvgIpc) is 2.43. The van der Waals surface area contributed by atoms with Gasteiger partial charge in [0.2, 0.25) is 0 Å². The van der Waals surface area contributed by atoms with Crippen LogP contribution in [0.2, 0.25) is 0 Å². The van der Waals surface area contributed by atoms with Gasteiger partial charge in [-0.15, -0.1) is 6.42 Å². The molecule has 2 aromatic rings. The van der Waals surface area contributed by atoms with Crippen LogP contribution in [0.15, 0.2) is 40.9 Å². The lowest BCUT2D eigenvalue weighted by atomic mass is 10.1. The van der Waals surface area contributed by atoms with Gasteiger partial charge >= 0.3 is 0 Å². The van der Waals surface area contributed by atoms with Crippen molar-refractivity contribution in [1.29, 1.82) is 0 Å². The zero-order valence-electron chi connectivity index (χ0n) is 10.8. The Morgan fingerprint density at radius 2 is 2.11 bits per heavy atom. The highest BCUT2D eigenvalue weighted by Crippen LogP contribution is 2.33. The first kappa shape index (κ1) is 13.9. The minimum Gasteiger partial charge on any atom is -0.488 e. The van der Waals surface area contributed by atoms with Crippen LogP contribution in [-0.4, -0.2) is 19.2 Å². The van der Waals surface area contributed by atoms with Gasteiger partial charge < -0.3 is 10.1 Å². The van der Waals surface area contributed by atoms with E-state index in [9.17, 15) is 0 Å². The third kappa shape index (κ3) is 3.50. The van der Waals surface area contributed by atoms with Crippen molar-refractivity contribution >= 4 is 26.7 Å². The van der Waals surface area contributed by atoms with Crippen molar-refractivity contribution in [2.75, 3.05) is 13.1 Å². The summed E-state index contributed by atoms with van der Waals surface area (Å²) in [5, 5.41) is 5.49. The van der Waals surface area contributed by atoms with Crippen LogP contribution in [0, 0.1) is 12.3 Å². The Morgan fingerprint density at radius 3 is 2.89 bits per heavy atom. The van der Waals surface area contributed by atoms with Crippen molar-refractivity contribution in [1.82, 2.24) is 5.32 Å². The number of hydrogen-bond acceptors (Lipinski definition) is 2. The Bertz CT molecular complexity index is 603. The van der Waals surface area contributed by atoms with Crippen LogP contribution in [0.5, 0.6) is 5.75 Å². The maximum atomic E-state index is 5.92. The van der Waals surface area contributed by atoms with Gasteiger partial charge in [0, 0.05) is 6.54 Å². The number of ether oxygens (including phenoxy) is 1. The fourth-order valence-electron chi connectivity index (χ4n) is 1.91. The number of rotatable bonds is 5. The maximum absolute atomic E-state index is 5.92. The molecule has 0 saturated carbocycles. The number of hydrogen-bond donors (Lipinski definition) is 1. The summed E-state index contributed by atoms with van der Waals surface area (Å²) < 4.78 is 6.92. The van der Waals surface area contributed by atoms with Gasteiger partial charge in [0.05, 0.1) is 11.0 Å². The first-order valence-corrected chi connectivity index (χ1v) is 6.99. The minimum atomic E-state index is 0.0609. The quantitative estimate of drug-likeness (QED) is 0.672. The molecule has 0 fully saturated rings. The van der Waals surface area contributed by atoms with E-state index in [0.717, 1.165) is 22.2 Å². The fourth-order valence-corrected chi connectivity index (χ4v) is 2.50. The molecule has 0 aromatic heterocycles. The number of fused-ring (bicyclic) bond motifs is 1. The van der Waals surface area contributed by atoms with E-state index in [1.807, 2.05) is 25.1 Å². The molecule has 0 spiro atoms. The van der Waals surface area contributed by atoms with Crippen LogP contribution in [-0.2, 0) is 0 Å². The summed E-state index contributed by atoms with van der Waals surface area (Å²) in [5.74, 6) is 3.40. The molecule has 1 N–H and O–H groups in total. The highest BCUT2D eigenvalue weighted by molar-refractivity contribution is 9.10. The van der Waals surface area contributed by atoms with E-state index in [1.54, 1.807) is 0 Å².